The number of hydrogen-bond acceptors (Lipinski definition) is 8. The minimum absolute atomic E-state index is 0.00427. The molecule has 0 N–H and O–H groups in total. The Morgan fingerprint density at radius 2 is 1.85 bits per heavy atom. The van der Waals surface area contributed by atoms with Crippen molar-refractivity contribution >= 4 is 12.0 Å². The Morgan fingerprint density at radius 3 is 2.64 bits per heavy atom. The highest BCUT2D eigenvalue weighted by Gasteiger charge is 2.22. The maximum absolute atomic E-state index is 12.6. The van der Waals surface area contributed by atoms with Crippen molar-refractivity contribution in [3.05, 3.63) is 59.9 Å². The van der Waals surface area contributed by atoms with E-state index >= 15 is 0 Å². The molecule has 1 aromatic heterocycles. The average Bonchev–Trinajstić information content (AvgIpc) is 3.52. The minimum Gasteiger partial charge on any atom is -0.497 e. The van der Waals surface area contributed by atoms with Gasteiger partial charge in [0.1, 0.15) is 5.75 Å². The van der Waals surface area contributed by atoms with Crippen LogP contribution in [0.1, 0.15) is 11.4 Å². The molecule has 0 atom stereocenters. The number of fused-ring (bicyclic) bond motifs is 1. The molecule has 1 amide bonds. The monoisotopic (exact) mass is 448 g/mol. The van der Waals surface area contributed by atoms with E-state index in [1.54, 1.807) is 23.9 Å². The second kappa shape index (κ2) is 9.29. The predicted molar refractivity (Wildman–Crippen MR) is 119 cm³/mol. The van der Waals surface area contributed by atoms with E-state index < -0.39 is 0 Å². The summed E-state index contributed by atoms with van der Waals surface area (Å²) < 4.78 is 17.6. The molecule has 0 spiro atoms. The normalized spacial score (nSPS) is 15.8. The first-order valence-electron chi connectivity index (χ1n) is 10.7. The molecule has 1 fully saturated rings. The van der Waals surface area contributed by atoms with Gasteiger partial charge in [-0.15, -0.1) is 5.10 Å². The van der Waals surface area contributed by atoms with Crippen LogP contribution in [0.3, 0.4) is 0 Å². The van der Waals surface area contributed by atoms with Crippen molar-refractivity contribution < 1.29 is 19.0 Å². The third kappa shape index (κ3) is 4.65. The number of rotatable bonds is 6. The van der Waals surface area contributed by atoms with Crippen molar-refractivity contribution in [3.63, 3.8) is 0 Å². The summed E-state index contributed by atoms with van der Waals surface area (Å²) >= 11 is 0. The minimum atomic E-state index is -0.00427. The summed E-state index contributed by atoms with van der Waals surface area (Å²) in [6.07, 6.45) is 3.41. The standard InChI is InChI=1S/C23H24N6O4/c1-31-19-6-4-18(5-7-19)29-22(24-25-26-29)15-27-10-12-28(13-11-27)23(30)9-3-17-2-8-20-21(14-17)33-16-32-20/h2-9,14H,10-13,15-16H2,1H3. The summed E-state index contributed by atoms with van der Waals surface area (Å²) in [5.74, 6) is 2.96. The van der Waals surface area contributed by atoms with Gasteiger partial charge in [-0.2, -0.15) is 4.68 Å². The van der Waals surface area contributed by atoms with Crippen LogP contribution in [0, 0.1) is 0 Å². The molecule has 5 rings (SSSR count). The molecule has 3 heterocycles. The molecule has 1 saturated heterocycles. The first kappa shape index (κ1) is 21.0. The number of carbonyl (C=O) groups excluding carboxylic acids is 1. The Kier molecular flexibility index (Phi) is 5.90. The zero-order valence-corrected chi connectivity index (χ0v) is 18.3. The Bertz CT molecular complexity index is 1150. The number of hydrogen-bond donors (Lipinski definition) is 0. The first-order valence-corrected chi connectivity index (χ1v) is 10.7. The Hall–Kier alpha value is -3.92. The van der Waals surface area contributed by atoms with E-state index in [1.165, 1.54) is 0 Å². The molecule has 0 saturated carbocycles. The van der Waals surface area contributed by atoms with E-state index in [0.717, 1.165) is 41.7 Å². The summed E-state index contributed by atoms with van der Waals surface area (Å²) in [7, 11) is 1.63. The van der Waals surface area contributed by atoms with E-state index in [4.69, 9.17) is 14.2 Å². The van der Waals surface area contributed by atoms with Crippen molar-refractivity contribution in [1.29, 1.82) is 0 Å². The number of carbonyl (C=O) groups is 1. The lowest BCUT2D eigenvalue weighted by Gasteiger charge is -2.33. The quantitative estimate of drug-likeness (QED) is 0.527. The van der Waals surface area contributed by atoms with Crippen molar-refractivity contribution in [1.82, 2.24) is 30.0 Å². The van der Waals surface area contributed by atoms with Gasteiger partial charge in [0, 0.05) is 32.3 Å². The fourth-order valence-corrected chi connectivity index (χ4v) is 3.84. The van der Waals surface area contributed by atoms with Crippen LogP contribution < -0.4 is 14.2 Å². The highest BCUT2D eigenvalue weighted by molar-refractivity contribution is 5.92. The van der Waals surface area contributed by atoms with Crippen LogP contribution in [0.15, 0.2) is 48.5 Å². The third-order valence-corrected chi connectivity index (χ3v) is 5.72. The van der Waals surface area contributed by atoms with E-state index in [9.17, 15) is 4.79 Å². The van der Waals surface area contributed by atoms with Crippen molar-refractivity contribution in [2.24, 2.45) is 0 Å². The fraction of sp³-hybridized carbons (Fsp3) is 0.304. The number of tetrazole rings is 1. The number of piperazine rings is 1. The van der Waals surface area contributed by atoms with Crippen LogP contribution in [0.2, 0.25) is 0 Å². The molecule has 2 aliphatic rings. The molecule has 3 aromatic rings. The van der Waals surface area contributed by atoms with Gasteiger partial charge in [0.25, 0.3) is 0 Å². The van der Waals surface area contributed by atoms with Gasteiger partial charge >= 0.3 is 0 Å². The molecule has 33 heavy (non-hydrogen) atoms. The lowest BCUT2D eigenvalue weighted by atomic mass is 10.2. The largest absolute Gasteiger partial charge is 0.497 e. The fourth-order valence-electron chi connectivity index (χ4n) is 3.84. The lowest BCUT2D eigenvalue weighted by Crippen LogP contribution is -2.48. The van der Waals surface area contributed by atoms with Gasteiger partial charge in [0.05, 0.1) is 19.3 Å². The highest BCUT2D eigenvalue weighted by Crippen LogP contribution is 2.32. The van der Waals surface area contributed by atoms with Crippen LogP contribution in [-0.2, 0) is 11.3 Å². The smallest absolute Gasteiger partial charge is 0.246 e. The van der Waals surface area contributed by atoms with Crippen molar-refractivity contribution in [3.8, 4) is 22.9 Å². The molecule has 2 aromatic carbocycles. The summed E-state index contributed by atoms with van der Waals surface area (Å²) in [6.45, 7) is 3.63. The van der Waals surface area contributed by atoms with Crippen LogP contribution in [-0.4, -0.2) is 76.0 Å². The van der Waals surface area contributed by atoms with Gasteiger partial charge in [0.15, 0.2) is 17.3 Å². The Balaban J connectivity index is 1.15. The number of nitrogens with zero attached hydrogens (tertiary/aromatic N) is 6. The van der Waals surface area contributed by atoms with Crippen molar-refractivity contribution in [2.75, 3.05) is 40.1 Å². The van der Waals surface area contributed by atoms with E-state index in [0.29, 0.717) is 25.4 Å². The first-order chi connectivity index (χ1) is 16.2. The lowest BCUT2D eigenvalue weighted by molar-refractivity contribution is -0.127. The molecular formula is C23H24N6O4. The van der Waals surface area contributed by atoms with Crippen LogP contribution in [0.5, 0.6) is 17.2 Å². The van der Waals surface area contributed by atoms with Gasteiger partial charge in [0.2, 0.25) is 12.7 Å². The molecular weight excluding hydrogens is 424 g/mol. The third-order valence-electron chi connectivity index (χ3n) is 5.72. The predicted octanol–water partition coefficient (Wildman–Crippen LogP) is 1.76. The number of amides is 1. The molecule has 0 radical (unpaired) electrons. The second-order valence-electron chi connectivity index (χ2n) is 7.75. The molecule has 170 valence electrons. The summed E-state index contributed by atoms with van der Waals surface area (Å²) in [5.41, 5.74) is 1.77. The zero-order chi connectivity index (χ0) is 22.6. The van der Waals surface area contributed by atoms with Crippen LogP contribution in [0.4, 0.5) is 0 Å². The highest BCUT2D eigenvalue weighted by atomic mass is 16.7. The number of methoxy groups -OCH3 is 1. The topological polar surface area (TPSA) is 94.8 Å². The van der Waals surface area contributed by atoms with Gasteiger partial charge in [-0.1, -0.05) is 6.07 Å². The molecule has 0 unspecified atom stereocenters. The van der Waals surface area contributed by atoms with Crippen LogP contribution >= 0.6 is 0 Å². The van der Waals surface area contributed by atoms with Crippen molar-refractivity contribution in [2.45, 2.75) is 6.54 Å². The zero-order valence-electron chi connectivity index (χ0n) is 18.3. The second-order valence-corrected chi connectivity index (χ2v) is 7.75. The number of benzene rings is 2. The molecule has 0 aliphatic carbocycles. The van der Waals surface area contributed by atoms with Gasteiger partial charge in [-0.05, 0) is 58.5 Å². The average molecular weight is 448 g/mol. The van der Waals surface area contributed by atoms with Crippen LogP contribution in [0.25, 0.3) is 11.8 Å². The summed E-state index contributed by atoms with van der Waals surface area (Å²) in [5, 5.41) is 12.2. The Labute approximate surface area is 190 Å². The van der Waals surface area contributed by atoms with E-state index in [1.807, 2.05) is 47.4 Å². The van der Waals surface area contributed by atoms with Gasteiger partial charge in [-0.3, -0.25) is 9.69 Å². The van der Waals surface area contributed by atoms with E-state index in [-0.39, 0.29) is 12.7 Å². The summed E-state index contributed by atoms with van der Waals surface area (Å²) in [6, 6.07) is 13.2. The number of aromatic nitrogens is 4. The molecule has 10 nitrogen and oxygen atoms in total. The molecule has 2 aliphatic heterocycles. The maximum Gasteiger partial charge on any atom is 0.246 e. The molecule has 10 heteroatoms. The van der Waals surface area contributed by atoms with Gasteiger partial charge in [-0.25, -0.2) is 0 Å². The number of ether oxygens (including phenoxy) is 3. The van der Waals surface area contributed by atoms with E-state index in [2.05, 4.69) is 20.4 Å². The Morgan fingerprint density at radius 1 is 1.06 bits per heavy atom. The summed E-state index contributed by atoms with van der Waals surface area (Å²) in [4.78, 5) is 16.7. The van der Waals surface area contributed by atoms with Gasteiger partial charge < -0.3 is 19.1 Å². The molecule has 0 bridgehead atoms. The SMILES string of the molecule is COc1ccc(-n2nnnc2CN2CCN(C(=O)C=Cc3ccc4c(c3)OCO4)CC2)cc1. The maximum atomic E-state index is 12.6.